The van der Waals surface area contributed by atoms with Gasteiger partial charge in [0.1, 0.15) is 0 Å². The predicted molar refractivity (Wildman–Crippen MR) is 60.6 cm³/mol. The average molecular weight is 204 g/mol. The van der Waals surface area contributed by atoms with Crippen molar-refractivity contribution < 1.29 is 0 Å². The van der Waals surface area contributed by atoms with Crippen LogP contribution in [-0.4, -0.2) is 14.6 Å². The number of rotatable bonds is 1. The summed E-state index contributed by atoms with van der Waals surface area (Å²) in [5.41, 5.74) is 7.42. The van der Waals surface area contributed by atoms with E-state index in [1.165, 1.54) is 0 Å². The monoisotopic (exact) mass is 204 g/mol. The van der Waals surface area contributed by atoms with Crippen LogP contribution in [0.15, 0.2) is 18.3 Å². The molecule has 2 heterocycles. The van der Waals surface area contributed by atoms with Crippen LogP contribution < -0.4 is 5.73 Å². The maximum Gasteiger partial charge on any atom is 0.157 e. The van der Waals surface area contributed by atoms with Gasteiger partial charge in [0.2, 0.25) is 0 Å². The summed E-state index contributed by atoms with van der Waals surface area (Å²) in [5.74, 6) is 0.869. The van der Waals surface area contributed by atoms with Crippen molar-refractivity contribution in [3.05, 3.63) is 24.2 Å². The lowest BCUT2D eigenvalue weighted by atomic mass is 9.92. The van der Waals surface area contributed by atoms with Gasteiger partial charge < -0.3 is 5.73 Å². The molecule has 0 aliphatic rings. The normalized spacial score (nSPS) is 12.2. The molecule has 0 spiro atoms. The molecule has 4 nitrogen and oxygen atoms in total. The van der Waals surface area contributed by atoms with Gasteiger partial charge in [-0.1, -0.05) is 20.8 Å². The maximum atomic E-state index is 5.68. The van der Waals surface area contributed by atoms with Crippen LogP contribution in [0.4, 0.5) is 5.69 Å². The van der Waals surface area contributed by atoms with Gasteiger partial charge in [0, 0.05) is 24.4 Å². The quantitative estimate of drug-likeness (QED) is 0.771. The first-order valence-corrected chi connectivity index (χ1v) is 5.05. The van der Waals surface area contributed by atoms with E-state index in [1.54, 1.807) is 4.52 Å². The molecular weight excluding hydrogens is 188 g/mol. The van der Waals surface area contributed by atoms with Crippen LogP contribution >= 0.6 is 0 Å². The third-order valence-electron chi connectivity index (χ3n) is 2.09. The molecular formula is C11H16N4. The van der Waals surface area contributed by atoms with E-state index >= 15 is 0 Å². The number of aromatic nitrogens is 3. The molecule has 0 aliphatic carbocycles. The molecule has 0 aliphatic heterocycles. The van der Waals surface area contributed by atoms with E-state index < -0.39 is 0 Å². The standard InChI is InChI=1S/C11H16N4/c1-11(2,3)7-9-13-10-6-8(12)4-5-15(10)14-9/h4-6H,7,12H2,1-3H3. The third-order valence-corrected chi connectivity index (χ3v) is 2.09. The number of fused-ring (bicyclic) bond motifs is 1. The van der Waals surface area contributed by atoms with Gasteiger partial charge in [0.25, 0.3) is 0 Å². The molecule has 2 aromatic heterocycles. The van der Waals surface area contributed by atoms with E-state index in [1.807, 2.05) is 18.3 Å². The fraction of sp³-hybridized carbons (Fsp3) is 0.455. The Hall–Kier alpha value is -1.58. The highest BCUT2D eigenvalue weighted by molar-refractivity contribution is 5.50. The van der Waals surface area contributed by atoms with Crippen LogP contribution in [0.3, 0.4) is 0 Å². The summed E-state index contributed by atoms with van der Waals surface area (Å²) in [5, 5.41) is 4.39. The molecule has 2 N–H and O–H groups in total. The van der Waals surface area contributed by atoms with Gasteiger partial charge in [-0.25, -0.2) is 9.50 Å². The van der Waals surface area contributed by atoms with E-state index in [2.05, 4.69) is 30.9 Å². The molecule has 2 rings (SSSR count). The van der Waals surface area contributed by atoms with Crippen molar-refractivity contribution >= 4 is 11.3 Å². The highest BCUT2D eigenvalue weighted by atomic mass is 15.3. The van der Waals surface area contributed by atoms with Crippen molar-refractivity contribution in [2.75, 3.05) is 5.73 Å². The molecule has 0 radical (unpaired) electrons. The summed E-state index contributed by atoms with van der Waals surface area (Å²) < 4.78 is 1.76. The number of hydrogen-bond donors (Lipinski definition) is 1. The van der Waals surface area contributed by atoms with Crippen LogP contribution in [-0.2, 0) is 6.42 Å². The molecule has 80 valence electrons. The molecule has 0 amide bonds. The molecule has 0 aromatic carbocycles. The van der Waals surface area contributed by atoms with Crippen molar-refractivity contribution in [2.24, 2.45) is 5.41 Å². The Morgan fingerprint density at radius 1 is 1.40 bits per heavy atom. The molecule has 0 saturated heterocycles. The lowest BCUT2D eigenvalue weighted by Gasteiger charge is -2.14. The lowest BCUT2D eigenvalue weighted by molar-refractivity contribution is 0.401. The number of hydrogen-bond acceptors (Lipinski definition) is 3. The van der Waals surface area contributed by atoms with Crippen LogP contribution in [0.25, 0.3) is 5.65 Å². The number of nitrogens with two attached hydrogens (primary N) is 1. The number of nitrogens with zero attached hydrogens (tertiary/aromatic N) is 3. The Bertz CT molecular complexity index is 479. The molecule has 0 atom stereocenters. The summed E-state index contributed by atoms with van der Waals surface area (Å²) >= 11 is 0. The van der Waals surface area contributed by atoms with E-state index in [0.717, 1.165) is 23.6 Å². The summed E-state index contributed by atoms with van der Waals surface area (Å²) in [6.45, 7) is 6.52. The number of nitrogen functional groups attached to an aromatic ring is 1. The fourth-order valence-corrected chi connectivity index (χ4v) is 1.49. The molecule has 2 aromatic rings. The van der Waals surface area contributed by atoms with Gasteiger partial charge >= 0.3 is 0 Å². The molecule has 0 saturated carbocycles. The summed E-state index contributed by atoms with van der Waals surface area (Å²) in [7, 11) is 0. The maximum absolute atomic E-state index is 5.68. The second-order valence-corrected chi connectivity index (χ2v) is 5.03. The zero-order chi connectivity index (χ0) is 11.1. The van der Waals surface area contributed by atoms with Crippen LogP contribution in [0.5, 0.6) is 0 Å². The zero-order valence-corrected chi connectivity index (χ0v) is 9.36. The van der Waals surface area contributed by atoms with E-state index in [-0.39, 0.29) is 5.41 Å². The van der Waals surface area contributed by atoms with Crippen molar-refractivity contribution in [1.82, 2.24) is 14.6 Å². The minimum Gasteiger partial charge on any atom is -0.399 e. The smallest absolute Gasteiger partial charge is 0.157 e. The van der Waals surface area contributed by atoms with E-state index in [0.29, 0.717) is 0 Å². The van der Waals surface area contributed by atoms with Gasteiger partial charge in [-0.3, -0.25) is 0 Å². The van der Waals surface area contributed by atoms with E-state index in [4.69, 9.17) is 5.73 Å². The predicted octanol–water partition coefficient (Wildman–Crippen LogP) is 1.90. The molecule has 0 unspecified atom stereocenters. The molecule has 0 fully saturated rings. The Morgan fingerprint density at radius 2 is 2.13 bits per heavy atom. The van der Waals surface area contributed by atoms with Crippen LogP contribution in [0.2, 0.25) is 0 Å². The van der Waals surface area contributed by atoms with Crippen molar-refractivity contribution in [1.29, 1.82) is 0 Å². The highest BCUT2D eigenvalue weighted by Crippen LogP contribution is 2.19. The third kappa shape index (κ3) is 2.26. The van der Waals surface area contributed by atoms with Gasteiger partial charge in [-0.05, 0) is 11.5 Å². The Balaban J connectivity index is 2.39. The largest absolute Gasteiger partial charge is 0.399 e. The highest BCUT2D eigenvalue weighted by Gasteiger charge is 2.14. The van der Waals surface area contributed by atoms with Gasteiger partial charge in [0.05, 0.1) is 0 Å². The first kappa shape index (κ1) is 9.96. The molecule has 4 heteroatoms. The Labute approximate surface area is 89.1 Å². The first-order valence-electron chi connectivity index (χ1n) is 5.05. The van der Waals surface area contributed by atoms with Crippen molar-refractivity contribution in [2.45, 2.75) is 27.2 Å². The topological polar surface area (TPSA) is 56.2 Å². The first-order chi connectivity index (χ1) is 6.94. The number of pyridine rings is 1. The van der Waals surface area contributed by atoms with Crippen LogP contribution in [0.1, 0.15) is 26.6 Å². The van der Waals surface area contributed by atoms with Crippen molar-refractivity contribution in [3.63, 3.8) is 0 Å². The van der Waals surface area contributed by atoms with Crippen LogP contribution in [0, 0.1) is 5.41 Å². The number of anilines is 1. The zero-order valence-electron chi connectivity index (χ0n) is 9.36. The van der Waals surface area contributed by atoms with Gasteiger partial charge in [-0.2, -0.15) is 5.10 Å². The van der Waals surface area contributed by atoms with Gasteiger partial charge in [-0.15, -0.1) is 0 Å². The minimum absolute atomic E-state index is 0.205. The summed E-state index contributed by atoms with van der Waals surface area (Å²) in [6, 6.07) is 3.65. The second-order valence-electron chi connectivity index (χ2n) is 5.03. The molecule has 0 bridgehead atoms. The fourth-order valence-electron chi connectivity index (χ4n) is 1.49. The lowest BCUT2D eigenvalue weighted by Crippen LogP contribution is -2.10. The Morgan fingerprint density at radius 3 is 2.80 bits per heavy atom. The minimum atomic E-state index is 0.205. The second kappa shape index (κ2) is 3.22. The SMILES string of the molecule is CC(C)(C)Cc1nc2cc(N)ccn2n1. The van der Waals surface area contributed by atoms with Crippen molar-refractivity contribution in [3.8, 4) is 0 Å². The summed E-state index contributed by atoms with van der Waals surface area (Å²) in [4.78, 5) is 4.43. The van der Waals surface area contributed by atoms with E-state index in [9.17, 15) is 0 Å². The summed E-state index contributed by atoms with van der Waals surface area (Å²) in [6.07, 6.45) is 2.71. The molecule has 15 heavy (non-hydrogen) atoms. The average Bonchev–Trinajstić information content (AvgIpc) is 2.42. The Kier molecular flexibility index (Phi) is 2.14. The van der Waals surface area contributed by atoms with Gasteiger partial charge in [0.15, 0.2) is 11.5 Å².